The van der Waals surface area contributed by atoms with Gasteiger partial charge in [0.15, 0.2) is 0 Å². The Bertz CT molecular complexity index is 1440. The van der Waals surface area contributed by atoms with E-state index in [-0.39, 0.29) is 26.2 Å². The molecule has 4 aromatic rings. The molecule has 0 aliphatic carbocycles. The fourth-order valence-corrected chi connectivity index (χ4v) is 3.77. The van der Waals surface area contributed by atoms with Gasteiger partial charge < -0.3 is 0 Å². The van der Waals surface area contributed by atoms with Crippen LogP contribution in [0.5, 0.6) is 0 Å². The summed E-state index contributed by atoms with van der Waals surface area (Å²) in [5.41, 5.74) is 3.57. The quantitative estimate of drug-likeness (QED) is 0.0913. The molecule has 39 heavy (non-hydrogen) atoms. The van der Waals surface area contributed by atoms with Crippen molar-refractivity contribution in [3.8, 4) is 0 Å². The molecule has 4 rings (SSSR count). The van der Waals surface area contributed by atoms with Crippen LogP contribution in [0.4, 0.5) is 26.3 Å². The van der Waals surface area contributed by atoms with Crippen molar-refractivity contribution in [3.05, 3.63) is 154 Å². The van der Waals surface area contributed by atoms with Gasteiger partial charge in [0.2, 0.25) is 0 Å². The fourth-order valence-electron chi connectivity index (χ4n) is 3.77. The molecule has 0 spiro atoms. The fraction of sp³-hybridized carbons (Fsp3) is 0.125. The first-order valence-corrected chi connectivity index (χ1v) is 11.7. The molecule has 0 aromatic heterocycles. The third-order valence-electron chi connectivity index (χ3n) is 5.89. The molecule has 194 valence electrons. The average molecular weight is 612 g/mol. The Morgan fingerprint density at radius 2 is 0.744 bits per heavy atom. The number of hydrogen-bond donors (Lipinski definition) is 0. The van der Waals surface area contributed by atoms with E-state index in [1.165, 1.54) is 24.3 Å². The summed E-state index contributed by atoms with van der Waals surface area (Å²) in [5.74, 6) is 0. The molecule has 0 saturated carbocycles. The van der Waals surface area contributed by atoms with Gasteiger partial charge in [-0.15, -0.1) is 46.5 Å². The Labute approximate surface area is 242 Å². The number of alkyl halides is 6. The number of aryl methyl sites for hydroxylation is 2. The number of benzene rings is 4. The summed E-state index contributed by atoms with van der Waals surface area (Å²) < 4.78 is 79.1. The molecule has 0 atom stereocenters. The Hall–Kier alpha value is -3.18. The zero-order chi connectivity index (χ0) is 27.5. The maximum atomic E-state index is 13.3. The van der Waals surface area contributed by atoms with E-state index >= 15 is 0 Å². The largest absolute Gasteiger partial charge is 4.00 e. The molecule has 0 unspecified atom stereocenters. The van der Waals surface area contributed by atoms with Gasteiger partial charge >= 0.3 is 38.6 Å². The van der Waals surface area contributed by atoms with Gasteiger partial charge in [0.1, 0.15) is 0 Å². The summed E-state index contributed by atoms with van der Waals surface area (Å²) in [6.07, 6.45) is -2.47. The molecule has 0 nitrogen and oxygen atoms in total. The van der Waals surface area contributed by atoms with Crippen LogP contribution in [0.2, 0.25) is 0 Å². The topological polar surface area (TPSA) is 0 Å². The van der Waals surface area contributed by atoms with Crippen LogP contribution in [0.15, 0.2) is 97.1 Å². The summed E-state index contributed by atoms with van der Waals surface area (Å²) in [7, 11) is 0. The maximum Gasteiger partial charge on any atom is 4.00 e. The predicted molar refractivity (Wildman–Crippen MR) is 137 cm³/mol. The van der Waals surface area contributed by atoms with E-state index in [4.69, 9.17) is 0 Å². The number of allylic oxidation sites excluding steroid dienone is 2. The third-order valence-corrected chi connectivity index (χ3v) is 5.89. The molecule has 0 bridgehead atoms. The van der Waals surface area contributed by atoms with E-state index in [0.29, 0.717) is 33.4 Å². The normalized spacial score (nSPS) is 12.7. The number of halogens is 6. The summed E-state index contributed by atoms with van der Waals surface area (Å²) in [6, 6.07) is 24.2. The van der Waals surface area contributed by atoms with Crippen molar-refractivity contribution in [1.82, 2.24) is 0 Å². The van der Waals surface area contributed by atoms with Crippen molar-refractivity contribution in [3.63, 3.8) is 0 Å². The molecule has 7 heteroatoms. The molecule has 0 aliphatic heterocycles. The molecular formula is C32H22F6Zr+2. The second kappa shape index (κ2) is 12.3. The second-order valence-corrected chi connectivity index (χ2v) is 8.88. The van der Waals surface area contributed by atoms with Gasteiger partial charge in [-0.2, -0.15) is 49.6 Å². The number of rotatable bonds is 5. The van der Waals surface area contributed by atoms with Crippen molar-refractivity contribution >= 4 is 11.1 Å². The first kappa shape index (κ1) is 30.4. The zero-order valence-electron chi connectivity index (χ0n) is 21.0. The van der Waals surface area contributed by atoms with Crippen LogP contribution < -0.4 is 0 Å². The average Bonchev–Trinajstić information content (AvgIpc) is 2.87. The minimum Gasteiger partial charge on any atom is -0.174 e. The van der Waals surface area contributed by atoms with Gasteiger partial charge in [0.25, 0.3) is 0 Å². The molecule has 0 saturated heterocycles. The van der Waals surface area contributed by atoms with Crippen molar-refractivity contribution in [1.29, 1.82) is 0 Å². The van der Waals surface area contributed by atoms with Crippen molar-refractivity contribution in [2.75, 3.05) is 0 Å². The van der Waals surface area contributed by atoms with E-state index in [2.05, 4.69) is 12.2 Å². The summed E-state index contributed by atoms with van der Waals surface area (Å²) in [4.78, 5) is 0. The third kappa shape index (κ3) is 7.92. The van der Waals surface area contributed by atoms with Crippen LogP contribution in [-0.2, 0) is 38.6 Å². The SMILES string of the molecule is Cc1ccc([C-]=C(C(=[C-]c2ccc(C(F)(F)F)cc2)c2ccc(C)cc2)c2ccc(C(F)(F)F)cc2)cc1.[Zr+4]. The van der Waals surface area contributed by atoms with Crippen molar-refractivity contribution < 1.29 is 52.5 Å². The molecule has 4 aromatic carbocycles. The molecule has 0 fully saturated rings. The minimum absolute atomic E-state index is 0. The van der Waals surface area contributed by atoms with Crippen LogP contribution in [-0.4, -0.2) is 0 Å². The first-order chi connectivity index (χ1) is 17.9. The first-order valence-electron chi connectivity index (χ1n) is 11.7. The maximum absolute atomic E-state index is 13.3. The van der Waals surface area contributed by atoms with E-state index in [1.54, 1.807) is 0 Å². The van der Waals surface area contributed by atoms with Crippen molar-refractivity contribution in [2.45, 2.75) is 26.2 Å². The van der Waals surface area contributed by atoms with Crippen molar-refractivity contribution in [2.24, 2.45) is 0 Å². The van der Waals surface area contributed by atoms with Gasteiger partial charge in [-0.1, -0.05) is 83.9 Å². The monoisotopic (exact) mass is 610 g/mol. The Morgan fingerprint density at radius 1 is 0.462 bits per heavy atom. The standard InChI is InChI=1S/C32H22F6.Zr/c1-21-3-7-23(8-4-21)19-30(26-13-17-28(18-14-26)32(36,37)38)29(25-11-5-22(2)6-12-25)20-24-9-15-27(16-10-24)31(33,34)35;/h3-18H,1-2H3;/q-2;+4. The molecule has 0 amide bonds. The van der Waals surface area contributed by atoms with Gasteiger partial charge in [-0.3, -0.25) is 0 Å². The second-order valence-electron chi connectivity index (χ2n) is 8.88. The molecule has 0 radical (unpaired) electrons. The Morgan fingerprint density at radius 3 is 1.10 bits per heavy atom. The van der Waals surface area contributed by atoms with Gasteiger partial charge in [0, 0.05) is 5.56 Å². The van der Waals surface area contributed by atoms with E-state index in [0.717, 1.165) is 35.4 Å². The van der Waals surface area contributed by atoms with Crippen LogP contribution in [0.3, 0.4) is 0 Å². The predicted octanol–water partition coefficient (Wildman–Crippen LogP) is 9.51. The molecule has 0 N–H and O–H groups in total. The Kier molecular flexibility index (Phi) is 9.61. The van der Waals surface area contributed by atoms with E-state index < -0.39 is 23.5 Å². The van der Waals surface area contributed by atoms with E-state index in [9.17, 15) is 26.3 Å². The van der Waals surface area contributed by atoms with Crippen LogP contribution in [0, 0.1) is 26.0 Å². The summed E-state index contributed by atoms with van der Waals surface area (Å²) in [5, 5.41) is 0. The van der Waals surface area contributed by atoms with Gasteiger partial charge in [-0.05, 0) is 13.8 Å². The summed E-state index contributed by atoms with van der Waals surface area (Å²) >= 11 is 0. The van der Waals surface area contributed by atoms with E-state index in [1.807, 2.05) is 62.4 Å². The summed E-state index contributed by atoms with van der Waals surface area (Å²) in [6.45, 7) is 3.85. The van der Waals surface area contributed by atoms with Crippen LogP contribution in [0.1, 0.15) is 44.5 Å². The van der Waals surface area contributed by atoms with Crippen LogP contribution in [0.25, 0.3) is 11.1 Å². The van der Waals surface area contributed by atoms with Crippen LogP contribution >= 0.6 is 0 Å². The minimum atomic E-state index is -4.49. The van der Waals surface area contributed by atoms with Gasteiger partial charge in [0.05, 0.1) is 5.56 Å². The number of hydrogen-bond acceptors (Lipinski definition) is 0. The van der Waals surface area contributed by atoms with Gasteiger partial charge in [-0.25, -0.2) is 0 Å². The molecular weight excluding hydrogens is 590 g/mol. The molecule has 0 heterocycles. The Balaban J connectivity index is 0.00000420. The molecule has 0 aliphatic rings. The zero-order valence-corrected chi connectivity index (χ0v) is 23.5. The smallest absolute Gasteiger partial charge is 0.174 e.